The quantitative estimate of drug-likeness (QED) is 0.736. The van der Waals surface area contributed by atoms with Crippen LogP contribution >= 0.6 is 11.3 Å². The SMILES string of the molecule is COCCNCC(Cc1cscn1)C1CCCC1. The normalized spacial score (nSPS) is 18.3. The van der Waals surface area contributed by atoms with Crippen LogP contribution in [0.2, 0.25) is 0 Å². The molecule has 1 atom stereocenters. The minimum atomic E-state index is 0.742. The van der Waals surface area contributed by atoms with Crippen LogP contribution in [0.15, 0.2) is 10.9 Å². The van der Waals surface area contributed by atoms with Gasteiger partial charge >= 0.3 is 0 Å². The Bertz CT molecular complexity index is 310. The van der Waals surface area contributed by atoms with E-state index in [-0.39, 0.29) is 0 Å². The van der Waals surface area contributed by atoms with Crippen molar-refractivity contribution in [3.63, 3.8) is 0 Å². The van der Waals surface area contributed by atoms with Crippen molar-refractivity contribution < 1.29 is 4.74 Å². The van der Waals surface area contributed by atoms with Crippen molar-refractivity contribution in [2.45, 2.75) is 32.1 Å². The highest BCUT2D eigenvalue weighted by Crippen LogP contribution is 2.32. The number of rotatable bonds is 8. The first kappa shape index (κ1) is 14.0. The van der Waals surface area contributed by atoms with Gasteiger partial charge in [0.05, 0.1) is 17.8 Å². The molecule has 4 heteroatoms. The lowest BCUT2D eigenvalue weighted by Gasteiger charge is -2.23. The van der Waals surface area contributed by atoms with Crippen LogP contribution in [0.25, 0.3) is 0 Å². The van der Waals surface area contributed by atoms with Crippen molar-refractivity contribution in [3.05, 3.63) is 16.6 Å². The predicted octanol–water partition coefficient (Wildman–Crippen LogP) is 2.73. The second-order valence-corrected chi connectivity index (χ2v) is 5.90. The number of nitrogens with one attached hydrogen (secondary N) is 1. The summed E-state index contributed by atoms with van der Waals surface area (Å²) in [6, 6.07) is 0. The third-order valence-corrected chi connectivity index (χ3v) is 4.55. The molecule has 1 fully saturated rings. The Labute approximate surface area is 114 Å². The predicted molar refractivity (Wildman–Crippen MR) is 76.0 cm³/mol. The van der Waals surface area contributed by atoms with Crippen molar-refractivity contribution in [1.82, 2.24) is 10.3 Å². The highest BCUT2D eigenvalue weighted by Gasteiger charge is 2.25. The Hall–Kier alpha value is -0.450. The minimum absolute atomic E-state index is 0.742. The molecule has 0 saturated heterocycles. The lowest BCUT2D eigenvalue weighted by molar-refractivity contribution is 0.195. The Balaban J connectivity index is 1.81. The molecular formula is C14H24N2OS. The molecule has 1 aliphatic rings. The van der Waals surface area contributed by atoms with Crippen LogP contribution in [0.1, 0.15) is 31.4 Å². The van der Waals surface area contributed by atoms with Gasteiger partial charge < -0.3 is 10.1 Å². The maximum absolute atomic E-state index is 5.08. The Morgan fingerprint density at radius 3 is 3.00 bits per heavy atom. The summed E-state index contributed by atoms with van der Waals surface area (Å²) in [5.41, 5.74) is 3.21. The largest absolute Gasteiger partial charge is 0.383 e. The van der Waals surface area contributed by atoms with E-state index in [0.29, 0.717) is 0 Å². The van der Waals surface area contributed by atoms with Crippen LogP contribution < -0.4 is 5.32 Å². The Morgan fingerprint density at radius 2 is 2.33 bits per heavy atom. The van der Waals surface area contributed by atoms with Crippen molar-refractivity contribution in [2.24, 2.45) is 11.8 Å². The topological polar surface area (TPSA) is 34.1 Å². The van der Waals surface area contributed by atoms with Crippen LogP contribution in [0, 0.1) is 11.8 Å². The number of ether oxygens (including phenoxy) is 1. The first-order chi connectivity index (χ1) is 8.90. The van der Waals surface area contributed by atoms with E-state index in [1.165, 1.54) is 31.4 Å². The maximum Gasteiger partial charge on any atom is 0.0794 e. The summed E-state index contributed by atoms with van der Waals surface area (Å²) in [4.78, 5) is 4.44. The van der Waals surface area contributed by atoms with Gasteiger partial charge in [0.1, 0.15) is 0 Å². The summed E-state index contributed by atoms with van der Waals surface area (Å²) >= 11 is 1.70. The van der Waals surface area contributed by atoms with Gasteiger partial charge in [-0.3, -0.25) is 0 Å². The van der Waals surface area contributed by atoms with Gasteiger partial charge in [-0.15, -0.1) is 11.3 Å². The molecule has 18 heavy (non-hydrogen) atoms. The minimum Gasteiger partial charge on any atom is -0.383 e. The van der Waals surface area contributed by atoms with Gasteiger partial charge in [0.15, 0.2) is 0 Å². The number of thiazole rings is 1. The molecule has 3 nitrogen and oxygen atoms in total. The van der Waals surface area contributed by atoms with E-state index in [0.717, 1.165) is 38.0 Å². The summed E-state index contributed by atoms with van der Waals surface area (Å²) in [6.07, 6.45) is 6.77. The Morgan fingerprint density at radius 1 is 1.50 bits per heavy atom. The van der Waals surface area contributed by atoms with Crippen molar-refractivity contribution in [2.75, 3.05) is 26.8 Å². The smallest absolute Gasteiger partial charge is 0.0794 e. The molecule has 1 heterocycles. The Kier molecular flexibility index (Phi) is 6.11. The first-order valence-electron chi connectivity index (χ1n) is 6.97. The lowest BCUT2D eigenvalue weighted by Crippen LogP contribution is -2.31. The van der Waals surface area contributed by atoms with Crippen molar-refractivity contribution >= 4 is 11.3 Å². The highest BCUT2D eigenvalue weighted by molar-refractivity contribution is 7.07. The molecule has 1 aliphatic carbocycles. The fourth-order valence-electron chi connectivity index (χ4n) is 2.90. The lowest BCUT2D eigenvalue weighted by atomic mass is 9.87. The molecule has 1 aromatic heterocycles. The van der Waals surface area contributed by atoms with Crippen LogP contribution in [0.5, 0.6) is 0 Å². The average molecular weight is 268 g/mol. The van der Waals surface area contributed by atoms with Gasteiger partial charge in [-0.1, -0.05) is 25.7 Å². The molecule has 102 valence electrons. The number of aromatic nitrogens is 1. The third-order valence-electron chi connectivity index (χ3n) is 3.91. The molecule has 1 aromatic rings. The summed E-state index contributed by atoms with van der Waals surface area (Å²) in [5.74, 6) is 1.63. The second-order valence-electron chi connectivity index (χ2n) is 5.19. The van der Waals surface area contributed by atoms with Crippen LogP contribution in [0.4, 0.5) is 0 Å². The number of hydrogen-bond acceptors (Lipinski definition) is 4. The van der Waals surface area contributed by atoms with E-state index in [1.807, 2.05) is 5.51 Å². The van der Waals surface area contributed by atoms with E-state index in [4.69, 9.17) is 4.74 Å². The molecule has 0 radical (unpaired) electrons. The zero-order valence-electron chi connectivity index (χ0n) is 11.2. The van der Waals surface area contributed by atoms with E-state index in [9.17, 15) is 0 Å². The average Bonchev–Trinajstić information content (AvgIpc) is 3.05. The summed E-state index contributed by atoms with van der Waals surface area (Å²) < 4.78 is 5.08. The fraction of sp³-hybridized carbons (Fsp3) is 0.786. The maximum atomic E-state index is 5.08. The monoisotopic (exact) mass is 268 g/mol. The molecule has 0 bridgehead atoms. The van der Waals surface area contributed by atoms with Crippen molar-refractivity contribution in [1.29, 1.82) is 0 Å². The molecule has 0 aromatic carbocycles. The van der Waals surface area contributed by atoms with E-state index in [2.05, 4.69) is 15.7 Å². The zero-order chi connectivity index (χ0) is 12.6. The third kappa shape index (κ3) is 4.34. The second kappa shape index (κ2) is 7.87. The molecule has 0 amide bonds. The van der Waals surface area contributed by atoms with E-state index >= 15 is 0 Å². The first-order valence-corrected chi connectivity index (χ1v) is 7.91. The molecule has 0 aliphatic heterocycles. The number of nitrogens with zero attached hydrogens (tertiary/aromatic N) is 1. The summed E-state index contributed by atoms with van der Waals surface area (Å²) in [7, 11) is 1.76. The van der Waals surface area contributed by atoms with E-state index in [1.54, 1.807) is 18.4 Å². The molecular weight excluding hydrogens is 244 g/mol. The van der Waals surface area contributed by atoms with Crippen LogP contribution in [-0.4, -0.2) is 31.8 Å². The molecule has 1 unspecified atom stereocenters. The number of methoxy groups -OCH3 is 1. The van der Waals surface area contributed by atoms with Gasteiger partial charge in [0.25, 0.3) is 0 Å². The molecule has 0 spiro atoms. The van der Waals surface area contributed by atoms with E-state index < -0.39 is 0 Å². The van der Waals surface area contributed by atoms with Crippen LogP contribution in [0.3, 0.4) is 0 Å². The molecule has 1 saturated carbocycles. The van der Waals surface area contributed by atoms with Gasteiger partial charge in [-0.25, -0.2) is 4.98 Å². The molecule has 2 rings (SSSR count). The highest BCUT2D eigenvalue weighted by atomic mass is 32.1. The standard InChI is InChI=1S/C14H24N2OS/c1-17-7-6-15-9-13(12-4-2-3-5-12)8-14-10-18-11-16-14/h10-13,15H,2-9H2,1H3. The summed E-state index contributed by atoms with van der Waals surface area (Å²) in [5, 5.41) is 5.72. The van der Waals surface area contributed by atoms with Crippen LogP contribution in [-0.2, 0) is 11.2 Å². The van der Waals surface area contributed by atoms with Gasteiger partial charge in [-0.05, 0) is 24.8 Å². The molecule has 1 N–H and O–H groups in total. The fourth-order valence-corrected chi connectivity index (χ4v) is 3.47. The van der Waals surface area contributed by atoms with Crippen molar-refractivity contribution in [3.8, 4) is 0 Å². The van der Waals surface area contributed by atoms with Gasteiger partial charge in [0, 0.05) is 19.0 Å². The van der Waals surface area contributed by atoms with Gasteiger partial charge in [-0.2, -0.15) is 0 Å². The zero-order valence-corrected chi connectivity index (χ0v) is 12.0. The van der Waals surface area contributed by atoms with Gasteiger partial charge in [0.2, 0.25) is 0 Å². The number of hydrogen-bond donors (Lipinski definition) is 1. The summed E-state index contributed by atoms with van der Waals surface area (Å²) in [6.45, 7) is 2.86.